The number of carbonyl (C=O) groups excluding carboxylic acids is 1. The molecule has 0 aliphatic rings. The van der Waals surface area contributed by atoms with Crippen LogP contribution in [0.25, 0.3) is 10.9 Å². The average Bonchev–Trinajstić information content (AvgIpc) is 2.78. The maximum Gasteiger partial charge on any atom is 0.310 e. The Hall–Kier alpha value is -1.82. The van der Waals surface area contributed by atoms with E-state index >= 15 is 0 Å². The molecule has 1 heterocycles. The summed E-state index contributed by atoms with van der Waals surface area (Å²) < 4.78 is 0.922. The van der Waals surface area contributed by atoms with Crippen LogP contribution in [0.15, 0.2) is 28.7 Å². The van der Waals surface area contributed by atoms with E-state index in [0.29, 0.717) is 5.69 Å². The summed E-state index contributed by atoms with van der Waals surface area (Å²) in [6.45, 7) is 3.20. The summed E-state index contributed by atoms with van der Waals surface area (Å²) in [7, 11) is 0. The summed E-state index contributed by atoms with van der Waals surface area (Å²) in [4.78, 5) is 26.0. The van der Waals surface area contributed by atoms with Crippen molar-refractivity contribution in [1.29, 1.82) is 0 Å². The van der Waals surface area contributed by atoms with E-state index in [1.54, 1.807) is 19.9 Å². The molecule has 2 aromatic rings. The smallest absolute Gasteiger partial charge is 0.310 e. The molecule has 1 aromatic carbocycles. The van der Waals surface area contributed by atoms with Gasteiger partial charge in [-0.05, 0) is 32.0 Å². The Morgan fingerprint density at radius 2 is 2.05 bits per heavy atom. The summed E-state index contributed by atoms with van der Waals surface area (Å²) >= 11 is 3.37. The number of carboxylic acids is 1. The summed E-state index contributed by atoms with van der Waals surface area (Å²) in [6, 6.07) is 7.41. The zero-order valence-corrected chi connectivity index (χ0v) is 12.7. The second-order valence-corrected chi connectivity index (χ2v) is 6.20. The Balaban J connectivity index is 2.14. The molecule has 2 rings (SSSR count). The lowest BCUT2D eigenvalue weighted by atomic mass is 9.94. The van der Waals surface area contributed by atoms with Crippen molar-refractivity contribution in [2.24, 2.45) is 5.41 Å². The van der Waals surface area contributed by atoms with E-state index in [-0.39, 0.29) is 12.5 Å². The molecule has 0 spiro atoms. The van der Waals surface area contributed by atoms with E-state index in [9.17, 15) is 9.59 Å². The van der Waals surface area contributed by atoms with Gasteiger partial charge in [-0.25, -0.2) is 0 Å². The van der Waals surface area contributed by atoms with Crippen LogP contribution in [-0.4, -0.2) is 28.5 Å². The fourth-order valence-corrected chi connectivity index (χ4v) is 2.05. The highest BCUT2D eigenvalue weighted by Crippen LogP contribution is 2.20. The molecule has 1 aromatic heterocycles. The Bertz CT molecular complexity index is 676. The van der Waals surface area contributed by atoms with Crippen molar-refractivity contribution in [3.8, 4) is 0 Å². The van der Waals surface area contributed by atoms with Crippen molar-refractivity contribution < 1.29 is 14.7 Å². The third kappa shape index (κ3) is 3.01. The lowest BCUT2D eigenvalue weighted by Crippen LogP contribution is -2.39. The van der Waals surface area contributed by atoms with Gasteiger partial charge in [0, 0.05) is 21.9 Å². The van der Waals surface area contributed by atoms with Crippen LogP contribution in [0.4, 0.5) is 0 Å². The number of H-pyrrole nitrogens is 1. The fraction of sp³-hybridized carbons (Fsp3) is 0.286. The van der Waals surface area contributed by atoms with Crippen LogP contribution < -0.4 is 5.32 Å². The van der Waals surface area contributed by atoms with Crippen molar-refractivity contribution in [1.82, 2.24) is 10.3 Å². The van der Waals surface area contributed by atoms with E-state index in [1.807, 2.05) is 18.2 Å². The van der Waals surface area contributed by atoms with Gasteiger partial charge >= 0.3 is 5.97 Å². The number of aromatic amines is 1. The van der Waals surface area contributed by atoms with E-state index in [0.717, 1.165) is 15.4 Å². The molecule has 6 heteroatoms. The van der Waals surface area contributed by atoms with Crippen LogP contribution in [0.1, 0.15) is 24.3 Å². The minimum atomic E-state index is -0.995. The van der Waals surface area contributed by atoms with Crippen LogP contribution in [0.5, 0.6) is 0 Å². The van der Waals surface area contributed by atoms with E-state index in [1.165, 1.54) is 0 Å². The third-order valence-corrected chi connectivity index (χ3v) is 3.59. The highest BCUT2D eigenvalue weighted by Gasteiger charge is 2.27. The molecule has 0 aliphatic carbocycles. The monoisotopic (exact) mass is 338 g/mol. The highest BCUT2D eigenvalue weighted by molar-refractivity contribution is 9.10. The maximum absolute atomic E-state index is 12.0. The van der Waals surface area contributed by atoms with Gasteiger partial charge in [0.2, 0.25) is 0 Å². The molecule has 1 amide bonds. The number of benzene rings is 1. The molecule has 0 unspecified atom stereocenters. The topological polar surface area (TPSA) is 82.2 Å². The van der Waals surface area contributed by atoms with Gasteiger partial charge in [0.1, 0.15) is 5.69 Å². The Morgan fingerprint density at radius 3 is 2.70 bits per heavy atom. The van der Waals surface area contributed by atoms with Crippen molar-refractivity contribution in [3.63, 3.8) is 0 Å². The number of nitrogens with one attached hydrogen (secondary N) is 2. The number of aliphatic carboxylic acids is 1. The number of carbonyl (C=O) groups is 2. The minimum Gasteiger partial charge on any atom is -0.481 e. The van der Waals surface area contributed by atoms with Gasteiger partial charge in [-0.3, -0.25) is 9.59 Å². The molecule has 0 radical (unpaired) electrons. The Morgan fingerprint density at radius 1 is 1.35 bits per heavy atom. The molecule has 0 bridgehead atoms. The van der Waals surface area contributed by atoms with Crippen LogP contribution in [0.2, 0.25) is 0 Å². The molecular formula is C14H15BrN2O3. The second-order valence-electron chi connectivity index (χ2n) is 5.29. The fourth-order valence-electron chi connectivity index (χ4n) is 1.69. The average molecular weight is 339 g/mol. The molecule has 3 N–H and O–H groups in total. The minimum absolute atomic E-state index is 0.0697. The van der Waals surface area contributed by atoms with Crippen molar-refractivity contribution in [2.45, 2.75) is 13.8 Å². The highest BCUT2D eigenvalue weighted by atomic mass is 79.9. The number of amides is 1. The van der Waals surface area contributed by atoms with Crippen LogP contribution in [-0.2, 0) is 4.79 Å². The number of hydrogen-bond donors (Lipinski definition) is 3. The predicted molar refractivity (Wildman–Crippen MR) is 79.7 cm³/mol. The third-order valence-electron chi connectivity index (χ3n) is 3.10. The Kier molecular flexibility index (Phi) is 3.85. The number of hydrogen-bond acceptors (Lipinski definition) is 2. The first-order valence-electron chi connectivity index (χ1n) is 6.09. The number of rotatable bonds is 4. The van der Waals surface area contributed by atoms with E-state index < -0.39 is 11.4 Å². The lowest BCUT2D eigenvalue weighted by Gasteiger charge is -2.19. The number of carboxylic acid groups (broad SMARTS) is 1. The summed E-state index contributed by atoms with van der Waals surface area (Å²) in [5.74, 6) is -1.26. The number of halogens is 1. The van der Waals surface area contributed by atoms with Gasteiger partial charge in [-0.2, -0.15) is 0 Å². The van der Waals surface area contributed by atoms with E-state index in [4.69, 9.17) is 5.11 Å². The SMILES string of the molecule is CC(C)(CNC(=O)c1cc2ccc(Br)cc2[nH]1)C(=O)O. The van der Waals surface area contributed by atoms with Crippen molar-refractivity contribution in [2.75, 3.05) is 6.54 Å². The quantitative estimate of drug-likeness (QED) is 0.801. The lowest BCUT2D eigenvalue weighted by molar-refractivity contribution is -0.146. The molecule has 0 aliphatic heterocycles. The molecule has 20 heavy (non-hydrogen) atoms. The molecule has 5 nitrogen and oxygen atoms in total. The number of aromatic nitrogens is 1. The normalized spacial score (nSPS) is 11.6. The van der Waals surface area contributed by atoms with E-state index in [2.05, 4.69) is 26.2 Å². The molecule has 0 saturated heterocycles. The standard InChI is InChI=1S/C14H15BrN2O3/c1-14(2,13(19)20)7-16-12(18)11-5-8-3-4-9(15)6-10(8)17-11/h3-6,17H,7H2,1-2H3,(H,16,18)(H,19,20). The van der Waals surface area contributed by atoms with Crippen molar-refractivity contribution >= 4 is 38.7 Å². The number of fused-ring (bicyclic) bond motifs is 1. The van der Waals surface area contributed by atoms with Gasteiger partial charge < -0.3 is 15.4 Å². The molecule has 0 fully saturated rings. The predicted octanol–water partition coefficient (Wildman–Crippen LogP) is 2.77. The van der Waals surface area contributed by atoms with Gasteiger partial charge in [0.25, 0.3) is 5.91 Å². The zero-order valence-electron chi connectivity index (χ0n) is 11.2. The van der Waals surface area contributed by atoms with Crippen LogP contribution in [0.3, 0.4) is 0 Å². The van der Waals surface area contributed by atoms with Crippen molar-refractivity contribution in [3.05, 3.63) is 34.4 Å². The van der Waals surface area contributed by atoms with Crippen LogP contribution >= 0.6 is 15.9 Å². The van der Waals surface area contributed by atoms with Gasteiger partial charge in [0.05, 0.1) is 5.41 Å². The molecule has 0 atom stereocenters. The first-order chi connectivity index (χ1) is 9.29. The first kappa shape index (κ1) is 14.6. The summed E-state index contributed by atoms with van der Waals surface area (Å²) in [5, 5.41) is 12.6. The summed E-state index contributed by atoms with van der Waals surface area (Å²) in [5.41, 5.74) is 0.270. The Labute approximate surface area is 124 Å². The second kappa shape index (κ2) is 5.28. The summed E-state index contributed by atoms with van der Waals surface area (Å²) in [6.07, 6.45) is 0. The first-order valence-corrected chi connectivity index (χ1v) is 6.89. The van der Waals surface area contributed by atoms with Gasteiger partial charge in [0.15, 0.2) is 0 Å². The van der Waals surface area contributed by atoms with Crippen LogP contribution in [0, 0.1) is 5.41 Å². The maximum atomic E-state index is 12.0. The molecule has 106 valence electrons. The molecular weight excluding hydrogens is 324 g/mol. The van der Waals surface area contributed by atoms with Gasteiger partial charge in [-0.1, -0.05) is 22.0 Å². The largest absolute Gasteiger partial charge is 0.481 e. The zero-order chi connectivity index (χ0) is 14.9. The van der Waals surface area contributed by atoms with Gasteiger partial charge in [-0.15, -0.1) is 0 Å². The molecule has 0 saturated carbocycles.